The molecule has 0 heterocycles. The van der Waals surface area contributed by atoms with Crippen LogP contribution in [0.4, 0.5) is 0 Å². The fraction of sp³-hybridized carbons (Fsp3) is 0.400. The summed E-state index contributed by atoms with van der Waals surface area (Å²) in [5.74, 6) is 0. The zero-order valence-electron chi connectivity index (χ0n) is 5.65. The fourth-order valence-corrected chi connectivity index (χ4v) is 0. The van der Waals surface area contributed by atoms with Crippen LogP contribution in [0.3, 0.4) is 0 Å². The molecule has 0 saturated carbocycles. The molecule has 0 atom stereocenters. The van der Waals surface area contributed by atoms with Gasteiger partial charge in [-0.25, -0.2) is 0 Å². The Morgan fingerprint density at radius 3 is 1.33 bits per heavy atom. The molecule has 0 aliphatic carbocycles. The predicted molar refractivity (Wildman–Crippen MR) is 47.8 cm³/mol. The maximum Gasteiger partial charge on any atom is 0.128 e. The van der Waals surface area contributed by atoms with Gasteiger partial charge in [0.1, 0.15) is 4.32 Å². The van der Waals surface area contributed by atoms with E-state index in [0.717, 1.165) is 0 Å². The zero-order chi connectivity index (χ0) is 7.58. The Labute approximate surface area is 84.7 Å². The molecule has 0 bridgehead atoms. The summed E-state index contributed by atoms with van der Waals surface area (Å²) in [5, 5.41) is 0. The molecule has 0 aromatic carbocycles. The number of hydrogen-bond donors (Lipinski definition) is 2. The van der Waals surface area contributed by atoms with Gasteiger partial charge >= 0.3 is 0 Å². The van der Waals surface area contributed by atoms with Crippen LogP contribution in [0, 0.1) is 13.8 Å². The van der Waals surface area contributed by atoms with Crippen LogP contribution in [-0.4, -0.2) is 4.32 Å². The van der Waals surface area contributed by atoms with Crippen molar-refractivity contribution >= 4 is 29.2 Å². The van der Waals surface area contributed by atoms with Gasteiger partial charge in [0.25, 0.3) is 0 Å². The Hall–Kier alpha value is 0.980. The maximum atomic E-state index is 4.71. The average molecular weight is 259 g/mol. The molecule has 0 aliphatic heterocycles. The predicted octanol–water partition coefficient (Wildman–Crippen LogP) is 1.84. The number of rotatable bonds is 0. The normalized spacial score (nSPS) is 4.11. The van der Waals surface area contributed by atoms with Gasteiger partial charge in [-0.1, -0.05) is 12.2 Å². The molecule has 0 aromatic heterocycles. The Balaban J connectivity index is -0.0000000221. The summed E-state index contributed by atoms with van der Waals surface area (Å²) in [7, 11) is 0. The molecule has 0 amide bonds. The number of hydrogen-bond acceptors (Lipinski definition) is 1. The summed E-state index contributed by atoms with van der Waals surface area (Å²) in [4.78, 5) is 0. The van der Waals surface area contributed by atoms with E-state index in [9.17, 15) is 0 Å². The third-order valence-electron chi connectivity index (χ3n) is 0. The second kappa shape index (κ2) is 36.1. The molecule has 63 valence electrons. The van der Waals surface area contributed by atoms with Gasteiger partial charge in [0.05, 0.1) is 0 Å². The Bertz CT molecular complexity index is 37.9. The maximum absolute atomic E-state index is 4.71. The zero-order valence-corrected chi connectivity index (χ0v) is 8.84. The average Bonchev–Trinajstić information content (AvgIpc) is 1.75. The van der Waals surface area contributed by atoms with Crippen molar-refractivity contribution < 1.29 is 22.4 Å². The number of thiocarbonyl (C=S) groups is 1. The topological polar surface area (TPSA) is 26.0 Å². The minimum absolute atomic E-state index is 0. The first-order valence-corrected chi connectivity index (χ1v) is 2.99. The first-order chi connectivity index (χ1) is 3.73. The summed E-state index contributed by atoms with van der Waals surface area (Å²) in [6, 6.07) is 0. The summed E-state index contributed by atoms with van der Waals surface area (Å²) in [5.41, 5.74) is 4.71. The van der Waals surface area contributed by atoms with Gasteiger partial charge in [0.15, 0.2) is 0 Å². The van der Waals surface area contributed by atoms with Crippen molar-refractivity contribution in [1.82, 2.24) is 0 Å². The molecule has 0 spiro atoms. The van der Waals surface area contributed by atoms with Crippen molar-refractivity contribution in [2.45, 2.75) is 13.8 Å². The molecular weight excluding hydrogens is 246 g/mol. The van der Waals surface area contributed by atoms with E-state index < -0.39 is 0 Å². The van der Waals surface area contributed by atoms with Gasteiger partial charge < -0.3 is 19.6 Å². The van der Waals surface area contributed by atoms with Crippen molar-refractivity contribution in [1.29, 1.82) is 0 Å². The first kappa shape index (κ1) is 22.5. The minimum atomic E-state index is 0. The van der Waals surface area contributed by atoms with E-state index in [1.165, 1.54) is 0 Å². The van der Waals surface area contributed by atoms with E-state index in [2.05, 4.69) is 38.7 Å². The largest absolute Gasteiger partial charge is 0.385 e. The van der Waals surface area contributed by atoms with Crippen LogP contribution in [-0.2, 0) is 22.4 Å². The van der Waals surface area contributed by atoms with Gasteiger partial charge in [0.2, 0.25) is 0 Å². The van der Waals surface area contributed by atoms with Crippen molar-refractivity contribution in [2.75, 3.05) is 0 Å². The molecule has 1 nitrogen and oxygen atoms in total. The second-order valence-electron chi connectivity index (χ2n) is 0.338. The standard InChI is InChI=1S/2C2H5.CH3NS2.Ag/c2*1-2;2-1(3)4;/h2*1H2,2H3;(H3,2,3,4);/q2*-1;;. The van der Waals surface area contributed by atoms with Crippen molar-refractivity contribution in [2.24, 2.45) is 5.73 Å². The minimum Gasteiger partial charge on any atom is -0.385 e. The molecule has 4 heteroatoms. The Morgan fingerprint density at radius 2 is 1.33 bits per heavy atom. The SMILES string of the molecule is NC(=S)S.[Ag].[CH2-]C.[CH2-]C. The summed E-state index contributed by atoms with van der Waals surface area (Å²) >= 11 is 7.65. The van der Waals surface area contributed by atoms with Crippen molar-refractivity contribution in [3.05, 3.63) is 13.8 Å². The van der Waals surface area contributed by atoms with Gasteiger partial charge in [-0.3, -0.25) is 0 Å². The van der Waals surface area contributed by atoms with E-state index in [4.69, 9.17) is 5.73 Å². The van der Waals surface area contributed by atoms with Crippen LogP contribution in [0.5, 0.6) is 0 Å². The van der Waals surface area contributed by atoms with Crippen LogP contribution >= 0.6 is 24.8 Å². The van der Waals surface area contributed by atoms with E-state index in [0.29, 0.717) is 0 Å². The first-order valence-electron chi connectivity index (χ1n) is 2.13. The van der Waals surface area contributed by atoms with E-state index in [1.807, 2.05) is 0 Å². The molecule has 0 aromatic rings. The van der Waals surface area contributed by atoms with E-state index >= 15 is 0 Å². The van der Waals surface area contributed by atoms with Crippen molar-refractivity contribution in [3.8, 4) is 0 Å². The molecule has 0 fully saturated rings. The molecule has 1 radical (unpaired) electrons. The van der Waals surface area contributed by atoms with Crippen LogP contribution in [0.1, 0.15) is 13.8 Å². The fourth-order valence-electron chi connectivity index (χ4n) is 0. The molecule has 0 saturated heterocycles. The van der Waals surface area contributed by atoms with Crippen LogP contribution in [0.25, 0.3) is 0 Å². The third kappa shape index (κ3) is 455. The monoisotopic (exact) mass is 258 g/mol. The molecule has 0 unspecified atom stereocenters. The summed E-state index contributed by atoms with van der Waals surface area (Å²) < 4.78 is 0.194. The molecular formula is C5H13AgNS2-2. The number of thiol groups is 1. The van der Waals surface area contributed by atoms with Crippen LogP contribution in [0.2, 0.25) is 0 Å². The quantitative estimate of drug-likeness (QED) is 0.300. The second-order valence-corrected chi connectivity index (χ2v) is 1.56. The molecule has 0 aliphatic rings. The Kier molecular flexibility index (Phi) is 90.3. The van der Waals surface area contributed by atoms with Crippen LogP contribution in [0.15, 0.2) is 0 Å². The Morgan fingerprint density at radius 1 is 1.33 bits per heavy atom. The summed E-state index contributed by atoms with van der Waals surface area (Å²) in [6.07, 6.45) is 0. The van der Waals surface area contributed by atoms with E-state index in [1.54, 1.807) is 13.8 Å². The van der Waals surface area contributed by atoms with Gasteiger partial charge in [0, 0.05) is 22.4 Å². The number of nitrogens with two attached hydrogens (primary N) is 1. The molecule has 0 rings (SSSR count). The van der Waals surface area contributed by atoms with Gasteiger partial charge in [-0.2, -0.15) is 13.8 Å². The van der Waals surface area contributed by atoms with Gasteiger partial charge in [-0.15, -0.1) is 12.6 Å². The van der Waals surface area contributed by atoms with E-state index in [-0.39, 0.29) is 26.7 Å². The molecule has 9 heavy (non-hydrogen) atoms. The smallest absolute Gasteiger partial charge is 0.128 e. The van der Waals surface area contributed by atoms with Gasteiger partial charge in [-0.05, 0) is 0 Å². The van der Waals surface area contributed by atoms with Crippen LogP contribution < -0.4 is 5.73 Å². The summed E-state index contributed by atoms with van der Waals surface area (Å²) in [6.45, 7) is 10.0. The third-order valence-corrected chi connectivity index (χ3v) is 0. The molecule has 2 N–H and O–H groups in total. The van der Waals surface area contributed by atoms with Crippen molar-refractivity contribution in [3.63, 3.8) is 0 Å².